The fourth-order valence-electron chi connectivity index (χ4n) is 3.85. The van der Waals surface area contributed by atoms with E-state index in [1.54, 1.807) is 18.9 Å². The van der Waals surface area contributed by atoms with E-state index in [-0.39, 0.29) is 11.8 Å². The van der Waals surface area contributed by atoms with Crippen molar-refractivity contribution in [1.29, 1.82) is 0 Å². The molecule has 2 heterocycles. The number of anilines is 1. The Balaban J connectivity index is 1.96. The van der Waals surface area contributed by atoms with Crippen molar-refractivity contribution < 1.29 is 14.3 Å². The van der Waals surface area contributed by atoms with Crippen molar-refractivity contribution in [3.63, 3.8) is 0 Å². The lowest BCUT2D eigenvalue weighted by atomic mass is 9.81. The van der Waals surface area contributed by atoms with Crippen LogP contribution in [0.15, 0.2) is 29.5 Å². The van der Waals surface area contributed by atoms with Crippen LogP contribution in [0.3, 0.4) is 0 Å². The molecule has 1 aliphatic carbocycles. The van der Waals surface area contributed by atoms with Gasteiger partial charge < -0.3 is 14.8 Å². The molecule has 0 saturated carbocycles. The van der Waals surface area contributed by atoms with E-state index in [9.17, 15) is 4.79 Å². The Morgan fingerprint density at radius 3 is 2.77 bits per heavy atom. The summed E-state index contributed by atoms with van der Waals surface area (Å²) in [5, 5.41) is 7.87. The summed E-state index contributed by atoms with van der Waals surface area (Å²) in [6.45, 7) is 3.94. The van der Waals surface area contributed by atoms with Gasteiger partial charge in [-0.2, -0.15) is 10.1 Å². The second-order valence-corrected chi connectivity index (χ2v) is 6.89. The third-order valence-electron chi connectivity index (χ3n) is 4.96. The molecule has 136 valence electrons. The van der Waals surface area contributed by atoms with Crippen LogP contribution in [0, 0.1) is 12.8 Å². The van der Waals surface area contributed by atoms with Crippen molar-refractivity contribution >= 4 is 11.7 Å². The first-order valence-corrected chi connectivity index (χ1v) is 8.70. The Morgan fingerprint density at radius 1 is 1.23 bits per heavy atom. The first kappa shape index (κ1) is 16.6. The number of methoxy groups -OCH3 is 2. The van der Waals surface area contributed by atoms with Gasteiger partial charge >= 0.3 is 0 Å². The molecule has 1 aliphatic heterocycles. The van der Waals surface area contributed by atoms with Gasteiger partial charge in [-0.05, 0) is 37.5 Å². The summed E-state index contributed by atoms with van der Waals surface area (Å²) in [7, 11) is 3.25. The smallest absolute Gasteiger partial charge is 0.226 e. The van der Waals surface area contributed by atoms with Crippen molar-refractivity contribution in [1.82, 2.24) is 14.8 Å². The van der Waals surface area contributed by atoms with Crippen LogP contribution in [-0.4, -0.2) is 34.8 Å². The molecule has 2 aromatic rings. The lowest BCUT2D eigenvalue weighted by molar-refractivity contribution is -0.117. The number of Topliss-reactive ketones (excluding diaryl/α,β-unsaturated/α-hetero) is 1. The van der Waals surface area contributed by atoms with Crippen LogP contribution >= 0.6 is 0 Å². The minimum Gasteiger partial charge on any atom is -0.497 e. The maximum atomic E-state index is 13.0. The van der Waals surface area contributed by atoms with Crippen molar-refractivity contribution in [3.8, 4) is 11.5 Å². The van der Waals surface area contributed by atoms with Gasteiger partial charge in [0.2, 0.25) is 5.95 Å². The number of aryl methyl sites for hydroxylation is 1. The lowest BCUT2D eigenvalue weighted by Crippen LogP contribution is -2.33. The average molecular weight is 354 g/mol. The monoisotopic (exact) mass is 354 g/mol. The Bertz CT molecular complexity index is 916. The summed E-state index contributed by atoms with van der Waals surface area (Å²) < 4.78 is 12.8. The number of aromatic nitrogens is 3. The minimum atomic E-state index is -0.382. The molecular formula is C19H22N4O3. The summed E-state index contributed by atoms with van der Waals surface area (Å²) in [4.78, 5) is 17.5. The molecule has 2 unspecified atom stereocenters. The maximum Gasteiger partial charge on any atom is 0.226 e. The van der Waals surface area contributed by atoms with Crippen molar-refractivity contribution in [2.24, 2.45) is 5.92 Å². The highest BCUT2D eigenvalue weighted by atomic mass is 16.5. The topological polar surface area (TPSA) is 78.3 Å². The number of benzene rings is 1. The predicted molar refractivity (Wildman–Crippen MR) is 96.5 cm³/mol. The lowest BCUT2D eigenvalue weighted by Gasteiger charge is -2.34. The van der Waals surface area contributed by atoms with E-state index >= 15 is 0 Å². The molecule has 4 rings (SSSR count). The summed E-state index contributed by atoms with van der Waals surface area (Å²) in [5.74, 6) is 3.14. The molecule has 0 fully saturated rings. The number of nitrogens with one attached hydrogen (secondary N) is 1. The van der Waals surface area contributed by atoms with Crippen molar-refractivity contribution in [2.45, 2.75) is 32.7 Å². The number of ether oxygens (including phenoxy) is 2. The number of hydrogen-bond acceptors (Lipinski definition) is 6. The molecule has 26 heavy (non-hydrogen) atoms. The molecule has 0 saturated heterocycles. The number of rotatable bonds is 3. The summed E-state index contributed by atoms with van der Waals surface area (Å²) in [5.41, 5.74) is 2.52. The fraction of sp³-hybridized carbons (Fsp3) is 0.421. The molecule has 7 nitrogen and oxygen atoms in total. The van der Waals surface area contributed by atoms with Gasteiger partial charge in [-0.25, -0.2) is 4.68 Å². The van der Waals surface area contributed by atoms with Crippen molar-refractivity contribution in [3.05, 3.63) is 40.9 Å². The Kier molecular flexibility index (Phi) is 3.94. The van der Waals surface area contributed by atoms with Crippen LogP contribution in [0.2, 0.25) is 0 Å². The van der Waals surface area contributed by atoms with Gasteiger partial charge in [0.05, 0.1) is 14.2 Å². The molecular weight excluding hydrogens is 332 g/mol. The zero-order valence-electron chi connectivity index (χ0n) is 15.4. The van der Waals surface area contributed by atoms with Crippen LogP contribution in [0.1, 0.15) is 37.2 Å². The normalized spacial score (nSPS) is 21.8. The van der Waals surface area contributed by atoms with E-state index < -0.39 is 0 Å². The van der Waals surface area contributed by atoms with Gasteiger partial charge in [0, 0.05) is 23.3 Å². The summed E-state index contributed by atoms with van der Waals surface area (Å²) in [6.07, 6.45) is 1.35. The zero-order chi connectivity index (χ0) is 18.4. The van der Waals surface area contributed by atoms with Crippen molar-refractivity contribution in [2.75, 3.05) is 19.5 Å². The van der Waals surface area contributed by atoms with Gasteiger partial charge in [-0.15, -0.1) is 0 Å². The third kappa shape index (κ3) is 2.55. The molecule has 0 spiro atoms. The van der Waals surface area contributed by atoms with Gasteiger partial charge in [0.15, 0.2) is 5.78 Å². The highest BCUT2D eigenvalue weighted by molar-refractivity contribution is 5.99. The molecule has 2 aliphatic rings. The molecule has 1 aromatic heterocycles. The van der Waals surface area contributed by atoms with Crippen LogP contribution in [0.5, 0.6) is 11.5 Å². The zero-order valence-corrected chi connectivity index (χ0v) is 15.4. The molecule has 0 radical (unpaired) electrons. The third-order valence-corrected chi connectivity index (χ3v) is 4.96. The van der Waals surface area contributed by atoms with Gasteiger partial charge in [-0.3, -0.25) is 4.79 Å². The quantitative estimate of drug-likeness (QED) is 0.913. The summed E-state index contributed by atoms with van der Waals surface area (Å²) >= 11 is 0. The first-order chi connectivity index (χ1) is 12.5. The second kappa shape index (κ2) is 6.16. The largest absolute Gasteiger partial charge is 0.497 e. The van der Waals surface area contributed by atoms with E-state index in [2.05, 4.69) is 22.3 Å². The minimum absolute atomic E-state index is 0.139. The van der Waals surface area contributed by atoms with Gasteiger partial charge in [0.25, 0.3) is 0 Å². The van der Waals surface area contributed by atoms with Crippen LogP contribution in [-0.2, 0) is 4.79 Å². The summed E-state index contributed by atoms with van der Waals surface area (Å²) in [6, 6.07) is 5.23. The van der Waals surface area contributed by atoms with Gasteiger partial charge in [0.1, 0.15) is 23.4 Å². The number of hydrogen-bond donors (Lipinski definition) is 1. The first-order valence-electron chi connectivity index (χ1n) is 8.70. The van der Waals surface area contributed by atoms with E-state index in [0.717, 1.165) is 23.3 Å². The molecule has 0 amide bonds. The maximum absolute atomic E-state index is 13.0. The number of allylic oxidation sites excluding steroid dienone is 2. The van der Waals surface area contributed by atoms with Crippen LogP contribution in [0.4, 0.5) is 5.95 Å². The second-order valence-electron chi connectivity index (χ2n) is 6.89. The Labute approximate surface area is 152 Å². The Morgan fingerprint density at radius 2 is 2.04 bits per heavy atom. The molecule has 2 atom stereocenters. The number of ketones is 1. The number of carbonyl (C=O) groups is 1. The molecule has 1 N–H and O–H groups in total. The van der Waals surface area contributed by atoms with Gasteiger partial charge in [-0.1, -0.05) is 6.92 Å². The van der Waals surface area contributed by atoms with Crippen LogP contribution < -0.4 is 14.8 Å². The standard InChI is InChI=1S/C19H22N4O3/c1-10-7-14-17(15(24)8-10)18(23-19(21-14)20-11(2)22-23)13-9-12(25-3)5-6-16(13)26-4/h5-6,9-10,18H,7-8H2,1-4H3,(H,20,21,22). The van der Waals surface area contributed by atoms with E-state index in [0.29, 0.717) is 35.6 Å². The van der Waals surface area contributed by atoms with E-state index in [1.807, 2.05) is 25.1 Å². The molecule has 0 bridgehead atoms. The van der Waals surface area contributed by atoms with E-state index in [1.165, 1.54) is 0 Å². The predicted octanol–water partition coefficient (Wildman–Crippen LogP) is 2.87. The number of nitrogens with zero attached hydrogens (tertiary/aromatic N) is 3. The average Bonchev–Trinajstić information content (AvgIpc) is 2.98. The van der Waals surface area contributed by atoms with E-state index in [4.69, 9.17) is 9.47 Å². The number of carbonyl (C=O) groups excluding carboxylic acids is 1. The highest BCUT2D eigenvalue weighted by Crippen LogP contribution is 2.44. The fourth-order valence-corrected chi connectivity index (χ4v) is 3.85. The SMILES string of the molecule is COc1ccc(OC)c(C2C3=C(CC(C)CC3=O)Nc3nc(C)nn32)c1. The molecule has 1 aromatic carbocycles. The Hall–Kier alpha value is -2.83. The highest BCUT2D eigenvalue weighted by Gasteiger charge is 2.39. The molecule has 7 heteroatoms. The number of fused-ring (bicyclic) bond motifs is 1. The van der Waals surface area contributed by atoms with Crippen LogP contribution in [0.25, 0.3) is 0 Å².